The molecule has 1 heterocycles. The molecule has 2 aliphatic rings. The molecule has 1 saturated carbocycles. The largest absolute Gasteiger partial charge is 0.391 e. The molecule has 3 N–H and O–H groups in total. The average Bonchev–Trinajstić information content (AvgIpc) is 3.45. The molecule has 2 atom stereocenters. The Balaban J connectivity index is 1.67. The molecule has 0 radical (unpaired) electrons. The quantitative estimate of drug-likeness (QED) is 0.724. The number of carbonyl (C=O) groups is 2. The predicted octanol–water partition coefficient (Wildman–Crippen LogP) is 1.93. The van der Waals surface area contributed by atoms with Gasteiger partial charge in [-0.3, -0.25) is 0 Å². The van der Waals surface area contributed by atoms with Crippen LogP contribution in [0.4, 0.5) is 14.0 Å². The minimum atomic E-state index is -0.691. The number of urea groups is 2. The number of halogens is 2. The number of hydrogen-bond donors (Lipinski definition) is 3. The number of piperidine rings is 1. The van der Waals surface area contributed by atoms with E-state index in [1.165, 1.54) is 24.1 Å². The summed E-state index contributed by atoms with van der Waals surface area (Å²) in [6.45, 7) is 0.641. The van der Waals surface area contributed by atoms with Crippen molar-refractivity contribution in [2.75, 3.05) is 20.1 Å². The fourth-order valence-corrected chi connectivity index (χ4v) is 3.64. The first-order chi connectivity index (χ1) is 12.9. The van der Waals surface area contributed by atoms with E-state index in [0.717, 1.165) is 12.8 Å². The maximum atomic E-state index is 13.9. The molecule has 4 amide bonds. The Hall–Kier alpha value is -2.06. The van der Waals surface area contributed by atoms with Crippen molar-refractivity contribution in [2.45, 2.75) is 44.0 Å². The summed E-state index contributed by atoms with van der Waals surface area (Å²) >= 11 is 5.75. The summed E-state index contributed by atoms with van der Waals surface area (Å²) in [6.07, 6.45) is 1.49. The van der Waals surface area contributed by atoms with E-state index >= 15 is 0 Å². The third-order valence-electron chi connectivity index (χ3n) is 4.92. The van der Waals surface area contributed by atoms with E-state index in [-0.39, 0.29) is 37.2 Å². The van der Waals surface area contributed by atoms with Crippen LogP contribution >= 0.6 is 11.6 Å². The highest BCUT2D eigenvalue weighted by Crippen LogP contribution is 2.31. The average molecular weight is 399 g/mol. The molecule has 0 unspecified atom stereocenters. The Morgan fingerprint density at radius 2 is 2.07 bits per heavy atom. The van der Waals surface area contributed by atoms with Crippen LogP contribution in [0.3, 0.4) is 0 Å². The number of aliphatic hydroxyl groups is 1. The number of nitrogens with one attached hydrogen (secondary N) is 2. The van der Waals surface area contributed by atoms with E-state index in [2.05, 4.69) is 10.6 Å². The van der Waals surface area contributed by atoms with E-state index in [4.69, 9.17) is 11.6 Å². The number of amides is 4. The van der Waals surface area contributed by atoms with Crippen LogP contribution in [0, 0.1) is 5.82 Å². The minimum Gasteiger partial charge on any atom is -0.391 e. The number of aliphatic hydroxyl groups excluding tert-OH is 1. The maximum Gasteiger partial charge on any atom is 0.318 e. The molecule has 3 rings (SSSR count). The summed E-state index contributed by atoms with van der Waals surface area (Å²) in [5.74, 6) is -0.473. The zero-order valence-electron chi connectivity index (χ0n) is 15.1. The van der Waals surface area contributed by atoms with Crippen molar-refractivity contribution >= 4 is 23.7 Å². The van der Waals surface area contributed by atoms with Crippen molar-refractivity contribution in [2.24, 2.45) is 0 Å². The lowest BCUT2D eigenvalue weighted by Crippen LogP contribution is -2.59. The molecule has 0 spiro atoms. The van der Waals surface area contributed by atoms with Gasteiger partial charge >= 0.3 is 12.1 Å². The molecule has 9 heteroatoms. The van der Waals surface area contributed by atoms with Crippen LogP contribution in [0.2, 0.25) is 5.02 Å². The Bertz CT molecular complexity index is 716. The van der Waals surface area contributed by atoms with Crippen LogP contribution in [0.1, 0.15) is 24.8 Å². The van der Waals surface area contributed by atoms with Gasteiger partial charge in [0, 0.05) is 43.3 Å². The van der Waals surface area contributed by atoms with E-state index in [0.29, 0.717) is 23.6 Å². The van der Waals surface area contributed by atoms with Gasteiger partial charge in [0.1, 0.15) is 5.82 Å². The fourth-order valence-electron chi connectivity index (χ4n) is 3.48. The van der Waals surface area contributed by atoms with Gasteiger partial charge < -0.3 is 25.5 Å². The first-order valence-corrected chi connectivity index (χ1v) is 9.41. The molecular weight excluding hydrogens is 375 g/mol. The van der Waals surface area contributed by atoms with Crippen LogP contribution in [-0.4, -0.2) is 65.3 Å². The van der Waals surface area contributed by atoms with Gasteiger partial charge in [0.05, 0.1) is 12.1 Å². The van der Waals surface area contributed by atoms with E-state index in [1.54, 1.807) is 11.0 Å². The molecule has 1 aromatic carbocycles. The molecular formula is C18H24ClFN4O3. The van der Waals surface area contributed by atoms with Crippen LogP contribution in [0.25, 0.3) is 0 Å². The number of rotatable bonds is 4. The summed E-state index contributed by atoms with van der Waals surface area (Å²) in [5.41, 5.74) is 0.346. The van der Waals surface area contributed by atoms with Crippen molar-refractivity contribution in [3.8, 4) is 0 Å². The second kappa shape index (κ2) is 8.31. The van der Waals surface area contributed by atoms with Crippen LogP contribution < -0.4 is 10.6 Å². The topological polar surface area (TPSA) is 84.9 Å². The van der Waals surface area contributed by atoms with Gasteiger partial charge in [0.2, 0.25) is 0 Å². The van der Waals surface area contributed by atoms with Crippen molar-refractivity contribution in [3.63, 3.8) is 0 Å². The zero-order valence-corrected chi connectivity index (χ0v) is 15.9. The summed E-state index contributed by atoms with van der Waals surface area (Å²) < 4.78 is 13.9. The summed E-state index contributed by atoms with van der Waals surface area (Å²) in [7, 11) is 1.53. The SMILES string of the molecule is CNC(=O)N1C[C@@H](O)C[C@@H](N(C(=O)NCc2ccc(Cl)cc2F)C2CC2)C1. The van der Waals surface area contributed by atoms with Crippen LogP contribution in [-0.2, 0) is 6.54 Å². The summed E-state index contributed by atoms with van der Waals surface area (Å²) in [5, 5.41) is 15.8. The highest BCUT2D eigenvalue weighted by atomic mass is 35.5. The highest BCUT2D eigenvalue weighted by molar-refractivity contribution is 6.30. The zero-order chi connectivity index (χ0) is 19.6. The monoisotopic (exact) mass is 398 g/mol. The van der Waals surface area contributed by atoms with Gasteiger partial charge in [-0.05, 0) is 31.4 Å². The summed E-state index contributed by atoms with van der Waals surface area (Å²) in [6, 6.07) is 3.53. The van der Waals surface area contributed by atoms with Crippen molar-refractivity contribution in [3.05, 3.63) is 34.6 Å². The smallest absolute Gasteiger partial charge is 0.318 e. The molecule has 0 bridgehead atoms. The second-order valence-electron chi connectivity index (χ2n) is 7.04. The molecule has 27 heavy (non-hydrogen) atoms. The Morgan fingerprint density at radius 3 is 2.70 bits per heavy atom. The first kappa shape index (κ1) is 19.7. The van der Waals surface area contributed by atoms with Gasteiger partial charge in [-0.2, -0.15) is 0 Å². The van der Waals surface area contributed by atoms with E-state index in [9.17, 15) is 19.1 Å². The maximum absolute atomic E-state index is 13.9. The molecule has 1 aromatic rings. The molecule has 1 saturated heterocycles. The van der Waals surface area contributed by atoms with Gasteiger partial charge in [-0.25, -0.2) is 14.0 Å². The van der Waals surface area contributed by atoms with Crippen LogP contribution in [0.15, 0.2) is 18.2 Å². The third-order valence-corrected chi connectivity index (χ3v) is 5.16. The van der Waals surface area contributed by atoms with Gasteiger partial charge in [-0.15, -0.1) is 0 Å². The predicted molar refractivity (Wildman–Crippen MR) is 98.9 cm³/mol. The summed E-state index contributed by atoms with van der Waals surface area (Å²) in [4.78, 5) is 28.0. The van der Waals surface area contributed by atoms with Crippen molar-refractivity contribution in [1.29, 1.82) is 0 Å². The number of likely N-dealkylation sites (tertiary alicyclic amines) is 1. The van der Waals surface area contributed by atoms with Crippen LogP contribution in [0.5, 0.6) is 0 Å². The highest BCUT2D eigenvalue weighted by Gasteiger charge is 2.41. The van der Waals surface area contributed by atoms with Gasteiger partial charge in [0.25, 0.3) is 0 Å². The van der Waals surface area contributed by atoms with Gasteiger partial charge in [-0.1, -0.05) is 17.7 Å². The molecule has 148 valence electrons. The van der Waals surface area contributed by atoms with E-state index < -0.39 is 11.9 Å². The van der Waals surface area contributed by atoms with Crippen molar-refractivity contribution in [1.82, 2.24) is 20.4 Å². The molecule has 1 aliphatic carbocycles. The molecule has 0 aromatic heterocycles. The molecule has 7 nitrogen and oxygen atoms in total. The number of carbonyl (C=O) groups excluding carboxylic acids is 2. The first-order valence-electron chi connectivity index (χ1n) is 9.04. The normalized spacial score (nSPS) is 22.3. The Labute approximate surface area is 162 Å². The number of benzene rings is 1. The Morgan fingerprint density at radius 1 is 1.33 bits per heavy atom. The fraction of sp³-hybridized carbons (Fsp3) is 0.556. The van der Waals surface area contributed by atoms with Gasteiger partial charge in [0.15, 0.2) is 0 Å². The molecule has 2 fully saturated rings. The third kappa shape index (κ3) is 4.81. The lowest BCUT2D eigenvalue weighted by molar-refractivity contribution is 0.0356. The lowest BCUT2D eigenvalue weighted by Gasteiger charge is -2.41. The lowest BCUT2D eigenvalue weighted by atomic mass is 10.0. The minimum absolute atomic E-state index is 0.0412. The number of β-amino-alcohol motifs (C(OH)–C–C–N with tert-alkyl or cyclic N) is 1. The van der Waals surface area contributed by atoms with E-state index in [1.807, 2.05) is 0 Å². The van der Waals surface area contributed by atoms with Crippen molar-refractivity contribution < 1.29 is 19.1 Å². The number of nitrogens with zero attached hydrogens (tertiary/aromatic N) is 2. The Kier molecular flexibility index (Phi) is 6.06. The standard InChI is InChI=1S/C18H24ClFN4O3/c1-21-17(26)23-9-14(7-15(25)10-23)24(13-4-5-13)18(27)22-8-11-2-3-12(19)6-16(11)20/h2-3,6,13-15,25H,4-5,7-10H2,1H3,(H,21,26)(H,22,27)/t14-,15+/m1/s1. The number of hydrogen-bond acceptors (Lipinski definition) is 3. The second-order valence-corrected chi connectivity index (χ2v) is 7.47. The molecule has 1 aliphatic heterocycles.